The number of hydrogen-bond donors (Lipinski definition) is 4. The molecule has 11 nitrogen and oxygen atoms in total. The van der Waals surface area contributed by atoms with Crippen LogP contribution in [-0.4, -0.2) is 64.9 Å². The first-order valence-electron chi connectivity index (χ1n) is 24.3. The number of allylic oxidation sites excluding steroid dienone is 16. The topological polar surface area (TPSA) is 169 Å². The molecule has 0 aromatic carbocycles. The number of unbranched alkanes of at least 4 members (excludes halogenated alkanes) is 14. The molecule has 0 aromatic heterocycles. The number of phosphoric acid groups is 1. The third-order valence-corrected chi connectivity index (χ3v) is 10.8. The molecule has 0 saturated carbocycles. The lowest BCUT2D eigenvalue weighted by atomic mass is 10.1. The zero-order valence-electron chi connectivity index (χ0n) is 39.5. The van der Waals surface area contributed by atoms with Crippen molar-refractivity contribution in [3.8, 4) is 0 Å². The highest BCUT2D eigenvalue weighted by Crippen LogP contribution is 2.43. The van der Waals surface area contributed by atoms with Gasteiger partial charge in [0, 0.05) is 12.8 Å². The number of aliphatic carboxylic acids is 1. The van der Waals surface area contributed by atoms with Crippen molar-refractivity contribution in [1.82, 2.24) is 5.32 Å². The Kier molecular flexibility index (Phi) is 43.4. The van der Waals surface area contributed by atoms with Gasteiger partial charge in [-0.3, -0.25) is 18.6 Å². The minimum absolute atomic E-state index is 0.124. The maximum Gasteiger partial charge on any atom is 0.472 e. The van der Waals surface area contributed by atoms with Crippen LogP contribution in [0.1, 0.15) is 181 Å². The highest BCUT2D eigenvalue weighted by molar-refractivity contribution is 7.47. The minimum atomic E-state index is -4.78. The summed E-state index contributed by atoms with van der Waals surface area (Å²) in [7, 11) is -4.78. The fourth-order valence-corrected chi connectivity index (χ4v) is 6.88. The van der Waals surface area contributed by atoms with Crippen LogP contribution in [0.2, 0.25) is 0 Å². The lowest BCUT2D eigenvalue weighted by Gasteiger charge is -2.18. The Labute approximate surface area is 387 Å². The number of carboxylic acid groups (broad SMARTS) is 1. The Balaban J connectivity index is 3.94. The number of aliphatic hydroxyl groups is 1. The number of amides is 1. The third kappa shape index (κ3) is 45.0. The standard InChI is InChI=1S/C52H86NO10P/c1-3-5-7-9-11-13-15-17-19-21-23-24-26-28-30-32-34-36-38-40-42-44-51(56)61-45-48(54)46-62-64(59,60)63-47-49(52(57)58)53-50(55)43-41-39-37-35-33-31-29-27-25-22-20-18-16-14-12-10-8-6-4-2/h5,7,11-14,17-20,23-25,27-28,30,48-49,54H,3-4,6,8-10,15-16,21-22,26,29,31-47H2,1-2H3,(H,53,55)(H,57,58)(H,59,60)/b7-5-,13-11-,14-12-,19-17-,20-18-,24-23-,27-25-,30-28-. The molecule has 0 rings (SSSR count). The predicted octanol–water partition coefficient (Wildman–Crippen LogP) is 13.2. The van der Waals surface area contributed by atoms with Crippen molar-refractivity contribution < 1.29 is 47.8 Å². The lowest BCUT2D eigenvalue weighted by Crippen LogP contribution is -2.43. The van der Waals surface area contributed by atoms with E-state index in [2.05, 4.69) is 116 Å². The molecule has 0 saturated heterocycles. The molecule has 0 aliphatic carbocycles. The van der Waals surface area contributed by atoms with Gasteiger partial charge in [0.1, 0.15) is 12.7 Å². The molecule has 0 aliphatic rings. The van der Waals surface area contributed by atoms with E-state index in [1.807, 2.05) is 0 Å². The van der Waals surface area contributed by atoms with Gasteiger partial charge in [-0.2, -0.15) is 0 Å². The average molecular weight is 916 g/mol. The van der Waals surface area contributed by atoms with Crippen LogP contribution in [0.3, 0.4) is 0 Å². The molecule has 0 aliphatic heterocycles. The minimum Gasteiger partial charge on any atom is -0.480 e. The van der Waals surface area contributed by atoms with Gasteiger partial charge in [-0.1, -0.05) is 169 Å². The first kappa shape index (κ1) is 60.4. The van der Waals surface area contributed by atoms with Crippen LogP contribution in [0.25, 0.3) is 0 Å². The molecule has 64 heavy (non-hydrogen) atoms. The zero-order chi connectivity index (χ0) is 47.0. The molecule has 1 amide bonds. The lowest BCUT2D eigenvalue weighted by molar-refractivity contribution is -0.147. The first-order valence-corrected chi connectivity index (χ1v) is 25.8. The van der Waals surface area contributed by atoms with Crippen LogP contribution in [0.15, 0.2) is 97.2 Å². The molecule has 0 fully saturated rings. The summed E-state index contributed by atoms with van der Waals surface area (Å²) >= 11 is 0. The van der Waals surface area contributed by atoms with Crippen molar-refractivity contribution in [3.63, 3.8) is 0 Å². The summed E-state index contributed by atoms with van der Waals surface area (Å²) in [5.41, 5.74) is 0. The van der Waals surface area contributed by atoms with E-state index in [9.17, 15) is 34.1 Å². The SMILES string of the molecule is CC/C=C\C/C=C\C/C=C\C/C=C\C/C=C\CCCCCCCC(=O)OCC(O)COP(=O)(O)OCC(NC(=O)CCCCCCCC/C=C\C/C=C\C/C=C\CCCCC)C(=O)O. The molecular weight excluding hydrogens is 830 g/mol. The van der Waals surface area contributed by atoms with Gasteiger partial charge in [0.15, 0.2) is 6.04 Å². The van der Waals surface area contributed by atoms with Crippen LogP contribution in [0, 0.1) is 0 Å². The number of carboxylic acids is 1. The Hall–Kier alpha value is -3.60. The second kappa shape index (κ2) is 45.9. The van der Waals surface area contributed by atoms with Gasteiger partial charge in [0.2, 0.25) is 5.91 Å². The second-order valence-corrected chi connectivity index (χ2v) is 17.4. The van der Waals surface area contributed by atoms with Gasteiger partial charge in [0.25, 0.3) is 0 Å². The fraction of sp³-hybridized carbons (Fsp3) is 0.635. The second-order valence-electron chi connectivity index (χ2n) is 15.9. The zero-order valence-corrected chi connectivity index (χ0v) is 40.4. The highest BCUT2D eigenvalue weighted by atomic mass is 31.2. The molecule has 0 aromatic rings. The Morgan fingerprint density at radius 3 is 1.36 bits per heavy atom. The fourth-order valence-electron chi connectivity index (χ4n) is 6.11. The summed E-state index contributed by atoms with van der Waals surface area (Å²) in [6, 6.07) is -1.56. The first-order chi connectivity index (χ1) is 31.1. The van der Waals surface area contributed by atoms with Gasteiger partial charge in [-0.15, -0.1) is 0 Å². The summed E-state index contributed by atoms with van der Waals surface area (Å²) in [5, 5.41) is 21.9. The Bertz CT molecular complexity index is 1450. The number of ether oxygens (including phenoxy) is 1. The van der Waals surface area contributed by atoms with E-state index in [1.165, 1.54) is 25.7 Å². The van der Waals surface area contributed by atoms with Crippen molar-refractivity contribution in [2.45, 2.75) is 193 Å². The van der Waals surface area contributed by atoms with Gasteiger partial charge in [-0.05, 0) is 96.3 Å². The number of carbonyl (C=O) groups is 3. The summed E-state index contributed by atoms with van der Waals surface area (Å²) in [5.74, 6) is -2.42. The Morgan fingerprint density at radius 2 is 0.906 bits per heavy atom. The van der Waals surface area contributed by atoms with Crippen LogP contribution in [-0.2, 0) is 32.7 Å². The van der Waals surface area contributed by atoms with Crippen LogP contribution in [0.4, 0.5) is 0 Å². The van der Waals surface area contributed by atoms with Crippen LogP contribution in [0.5, 0.6) is 0 Å². The molecule has 0 heterocycles. The summed E-state index contributed by atoms with van der Waals surface area (Å²) in [6.45, 7) is 2.42. The van der Waals surface area contributed by atoms with Crippen molar-refractivity contribution in [2.75, 3.05) is 19.8 Å². The average Bonchev–Trinajstić information content (AvgIpc) is 3.27. The van der Waals surface area contributed by atoms with Gasteiger partial charge in [-0.25, -0.2) is 9.36 Å². The maximum absolute atomic E-state index is 12.3. The maximum atomic E-state index is 12.3. The molecule has 3 unspecified atom stereocenters. The Morgan fingerprint density at radius 1 is 0.516 bits per heavy atom. The smallest absolute Gasteiger partial charge is 0.472 e. The molecule has 0 bridgehead atoms. The highest BCUT2D eigenvalue weighted by Gasteiger charge is 2.28. The summed E-state index contributed by atoms with van der Waals surface area (Å²) in [6.07, 6.45) is 58.5. The van der Waals surface area contributed by atoms with E-state index >= 15 is 0 Å². The molecule has 0 spiro atoms. The molecule has 3 atom stereocenters. The van der Waals surface area contributed by atoms with E-state index in [4.69, 9.17) is 13.8 Å². The molecule has 364 valence electrons. The van der Waals surface area contributed by atoms with Crippen molar-refractivity contribution >= 4 is 25.7 Å². The van der Waals surface area contributed by atoms with Crippen LogP contribution < -0.4 is 5.32 Å². The number of aliphatic hydroxyl groups excluding tert-OH is 1. The van der Waals surface area contributed by atoms with Gasteiger partial charge < -0.3 is 25.2 Å². The third-order valence-electron chi connectivity index (χ3n) is 9.86. The van der Waals surface area contributed by atoms with Crippen molar-refractivity contribution in [3.05, 3.63) is 97.2 Å². The number of nitrogens with one attached hydrogen (secondary N) is 1. The number of hydrogen-bond acceptors (Lipinski definition) is 8. The van der Waals surface area contributed by atoms with Gasteiger partial charge >= 0.3 is 19.8 Å². The number of phosphoric ester groups is 1. The monoisotopic (exact) mass is 916 g/mol. The molecule has 12 heteroatoms. The molecule has 0 radical (unpaired) electrons. The molecular formula is C52H86NO10P. The van der Waals surface area contributed by atoms with Crippen molar-refractivity contribution in [2.24, 2.45) is 0 Å². The largest absolute Gasteiger partial charge is 0.480 e. The van der Waals surface area contributed by atoms with E-state index in [-0.39, 0.29) is 12.8 Å². The van der Waals surface area contributed by atoms with Crippen LogP contribution >= 0.6 is 7.82 Å². The normalized spacial score (nSPS) is 14.4. The number of rotatable bonds is 44. The van der Waals surface area contributed by atoms with E-state index < -0.39 is 57.6 Å². The number of carbonyl (C=O) groups excluding carboxylic acids is 2. The summed E-state index contributed by atoms with van der Waals surface area (Å²) < 4.78 is 26.9. The van der Waals surface area contributed by atoms with E-state index in [0.29, 0.717) is 12.8 Å². The number of esters is 1. The van der Waals surface area contributed by atoms with Crippen molar-refractivity contribution in [1.29, 1.82) is 0 Å². The molecule has 4 N–H and O–H groups in total. The predicted molar refractivity (Wildman–Crippen MR) is 263 cm³/mol. The van der Waals surface area contributed by atoms with E-state index in [1.54, 1.807) is 0 Å². The summed E-state index contributed by atoms with van der Waals surface area (Å²) in [4.78, 5) is 46.1. The van der Waals surface area contributed by atoms with E-state index in [0.717, 1.165) is 116 Å². The van der Waals surface area contributed by atoms with Gasteiger partial charge in [0.05, 0.1) is 13.2 Å². The quantitative estimate of drug-likeness (QED) is 0.0200.